The van der Waals surface area contributed by atoms with Crippen LogP contribution in [-0.4, -0.2) is 24.2 Å². The number of rotatable bonds is 4. The van der Waals surface area contributed by atoms with Crippen LogP contribution in [0.3, 0.4) is 0 Å². The van der Waals surface area contributed by atoms with Gasteiger partial charge in [0.15, 0.2) is 0 Å². The van der Waals surface area contributed by atoms with E-state index in [0.717, 1.165) is 0 Å². The van der Waals surface area contributed by atoms with Crippen molar-refractivity contribution in [3.8, 4) is 11.5 Å². The normalized spacial score (nSPS) is 9.85. The van der Waals surface area contributed by atoms with Gasteiger partial charge in [-0.25, -0.2) is 9.59 Å². The molecule has 0 heterocycles. The van der Waals surface area contributed by atoms with Crippen molar-refractivity contribution in [3.63, 3.8) is 0 Å². The minimum Gasteiger partial charge on any atom is -0.497 e. The van der Waals surface area contributed by atoms with E-state index in [1.54, 1.807) is 30.3 Å². The highest BCUT2D eigenvalue weighted by atomic mass is 16.5. The summed E-state index contributed by atoms with van der Waals surface area (Å²) >= 11 is 0. The summed E-state index contributed by atoms with van der Waals surface area (Å²) in [4.78, 5) is 23.1. The summed E-state index contributed by atoms with van der Waals surface area (Å²) in [5.74, 6) is -1.45. The molecule has 0 aliphatic heterocycles. The first-order valence-corrected chi connectivity index (χ1v) is 5.80. The van der Waals surface area contributed by atoms with Crippen LogP contribution in [0.4, 0.5) is 0 Å². The summed E-state index contributed by atoms with van der Waals surface area (Å²) in [5.41, 5.74) is 0.216. The fourth-order valence-corrected chi connectivity index (χ4v) is 1.63. The summed E-state index contributed by atoms with van der Waals surface area (Å²) in [7, 11) is 1.43. The second-order valence-corrected chi connectivity index (χ2v) is 3.92. The van der Waals surface area contributed by atoms with Crippen molar-refractivity contribution in [2.24, 2.45) is 0 Å². The van der Waals surface area contributed by atoms with Crippen LogP contribution in [0.15, 0.2) is 48.5 Å². The van der Waals surface area contributed by atoms with Gasteiger partial charge in [-0.2, -0.15) is 0 Å². The average molecular weight is 272 g/mol. The molecular formula is C15H12O5. The Labute approximate surface area is 115 Å². The lowest BCUT2D eigenvalue weighted by molar-refractivity contribution is 0.0681. The van der Waals surface area contributed by atoms with E-state index in [1.807, 2.05) is 0 Å². The zero-order chi connectivity index (χ0) is 14.5. The van der Waals surface area contributed by atoms with Crippen LogP contribution >= 0.6 is 0 Å². The number of carbonyl (C=O) groups excluding carboxylic acids is 1. The molecule has 0 aromatic heterocycles. The number of esters is 1. The highest BCUT2D eigenvalue weighted by molar-refractivity contribution is 5.95. The topological polar surface area (TPSA) is 72.8 Å². The van der Waals surface area contributed by atoms with Gasteiger partial charge in [0.25, 0.3) is 0 Å². The number of hydrogen-bond acceptors (Lipinski definition) is 4. The van der Waals surface area contributed by atoms with Gasteiger partial charge in [-0.05, 0) is 30.3 Å². The Morgan fingerprint density at radius 1 is 1.05 bits per heavy atom. The summed E-state index contributed by atoms with van der Waals surface area (Å²) in [6.07, 6.45) is 0. The summed E-state index contributed by atoms with van der Waals surface area (Å²) in [5, 5.41) is 9.12. The molecule has 20 heavy (non-hydrogen) atoms. The standard InChI is InChI=1S/C15H12O5/c1-19-11-7-8-13(12(9-11)14(16)17)20-15(18)10-5-3-2-4-6-10/h2-9H,1H3,(H,16,17). The summed E-state index contributed by atoms with van der Waals surface area (Å²) in [6, 6.07) is 12.6. The molecule has 0 unspecified atom stereocenters. The molecule has 0 aliphatic rings. The summed E-state index contributed by atoms with van der Waals surface area (Å²) in [6.45, 7) is 0. The lowest BCUT2D eigenvalue weighted by Gasteiger charge is -2.09. The molecule has 0 atom stereocenters. The number of hydrogen-bond donors (Lipinski definition) is 1. The van der Waals surface area contributed by atoms with Crippen LogP contribution < -0.4 is 9.47 Å². The molecule has 0 spiro atoms. The maximum Gasteiger partial charge on any atom is 0.343 e. The van der Waals surface area contributed by atoms with E-state index >= 15 is 0 Å². The molecule has 0 radical (unpaired) electrons. The minimum absolute atomic E-state index is 0.0212. The van der Waals surface area contributed by atoms with Crippen molar-refractivity contribution in [3.05, 3.63) is 59.7 Å². The quantitative estimate of drug-likeness (QED) is 0.684. The molecule has 5 nitrogen and oxygen atoms in total. The molecule has 0 fully saturated rings. The molecule has 0 bridgehead atoms. The Morgan fingerprint density at radius 2 is 1.75 bits per heavy atom. The number of carboxylic acid groups (broad SMARTS) is 1. The molecule has 1 N–H and O–H groups in total. The van der Waals surface area contributed by atoms with Crippen LogP contribution in [0.2, 0.25) is 0 Å². The zero-order valence-corrected chi connectivity index (χ0v) is 10.7. The monoisotopic (exact) mass is 272 g/mol. The minimum atomic E-state index is -1.19. The van der Waals surface area contributed by atoms with Crippen molar-refractivity contribution in [2.45, 2.75) is 0 Å². The molecule has 102 valence electrons. The molecule has 0 saturated carbocycles. The number of carbonyl (C=O) groups is 2. The fourth-order valence-electron chi connectivity index (χ4n) is 1.63. The fraction of sp³-hybridized carbons (Fsp3) is 0.0667. The van der Waals surface area contributed by atoms with Gasteiger partial charge in [0.05, 0.1) is 12.7 Å². The van der Waals surface area contributed by atoms with Crippen LogP contribution in [0.1, 0.15) is 20.7 Å². The molecule has 2 aromatic rings. The molecule has 2 aromatic carbocycles. The van der Waals surface area contributed by atoms with Gasteiger partial charge in [-0.3, -0.25) is 0 Å². The van der Waals surface area contributed by atoms with Gasteiger partial charge >= 0.3 is 11.9 Å². The molecule has 0 saturated heterocycles. The first-order chi connectivity index (χ1) is 9.61. The molecular weight excluding hydrogens is 260 g/mol. The van der Waals surface area contributed by atoms with E-state index in [-0.39, 0.29) is 11.3 Å². The molecule has 2 rings (SSSR count). The van der Waals surface area contributed by atoms with Gasteiger partial charge in [0.1, 0.15) is 17.1 Å². The Hall–Kier alpha value is -2.82. The van der Waals surface area contributed by atoms with Gasteiger partial charge in [-0.15, -0.1) is 0 Å². The van der Waals surface area contributed by atoms with E-state index in [9.17, 15) is 9.59 Å². The maximum absolute atomic E-state index is 11.9. The third-order valence-corrected chi connectivity index (χ3v) is 2.63. The van der Waals surface area contributed by atoms with Crippen LogP contribution in [0.5, 0.6) is 11.5 Å². The van der Waals surface area contributed by atoms with Gasteiger partial charge in [0.2, 0.25) is 0 Å². The first kappa shape index (κ1) is 13.6. The second kappa shape index (κ2) is 5.88. The number of carboxylic acids is 1. The number of aromatic carboxylic acids is 1. The Bertz CT molecular complexity index is 634. The van der Waals surface area contributed by atoms with Crippen LogP contribution in [0, 0.1) is 0 Å². The lowest BCUT2D eigenvalue weighted by Crippen LogP contribution is -2.11. The number of ether oxygens (including phenoxy) is 2. The van der Waals surface area contributed by atoms with E-state index < -0.39 is 11.9 Å². The molecule has 0 amide bonds. The van der Waals surface area contributed by atoms with Gasteiger partial charge < -0.3 is 14.6 Å². The zero-order valence-electron chi connectivity index (χ0n) is 10.7. The van der Waals surface area contributed by atoms with Crippen molar-refractivity contribution in [2.75, 3.05) is 7.11 Å². The third kappa shape index (κ3) is 2.95. The maximum atomic E-state index is 11.9. The summed E-state index contributed by atoms with van der Waals surface area (Å²) < 4.78 is 10.1. The average Bonchev–Trinajstić information content (AvgIpc) is 2.48. The molecule has 0 aliphatic carbocycles. The number of benzene rings is 2. The third-order valence-electron chi connectivity index (χ3n) is 2.63. The predicted molar refractivity (Wildman–Crippen MR) is 71.4 cm³/mol. The predicted octanol–water partition coefficient (Wildman–Crippen LogP) is 2.61. The van der Waals surface area contributed by atoms with E-state index in [1.165, 1.54) is 25.3 Å². The van der Waals surface area contributed by atoms with Crippen molar-refractivity contribution in [1.82, 2.24) is 0 Å². The highest BCUT2D eigenvalue weighted by Gasteiger charge is 2.16. The van der Waals surface area contributed by atoms with Crippen LogP contribution in [-0.2, 0) is 0 Å². The Morgan fingerprint density at radius 3 is 2.35 bits per heavy atom. The lowest BCUT2D eigenvalue weighted by atomic mass is 10.2. The van der Waals surface area contributed by atoms with E-state index in [4.69, 9.17) is 14.6 Å². The highest BCUT2D eigenvalue weighted by Crippen LogP contribution is 2.25. The number of methoxy groups -OCH3 is 1. The van der Waals surface area contributed by atoms with Crippen molar-refractivity contribution in [1.29, 1.82) is 0 Å². The van der Waals surface area contributed by atoms with E-state index in [2.05, 4.69) is 0 Å². The second-order valence-electron chi connectivity index (χ2n) is 3.92. The molecule has 5 heteroatoms. The smallest absolute Gasteiger partial charge is 0.343 e. The van der Waals surface area contributed by atoms with Gasteiger partial charge in [-0.1, -0.05) is 18.2 Å². The largest absolute Gasteiger partial charge is 0.497 e. The Kier molecular flexibility index (Phi) is 4.00. The van der Waals surface area contributed by atoms with Crippen molar-refractivity contribution < 1.29 is 24.2 Å². The van der Waals surface area contributed by atoms with Gasteiger partial charge in [0, 0.05) is 0 Å². The van der Waals surface area contributed by atoms with Crippen LogP contribution in [0.25, 0.3) is 0 Å². The Balaban J connectivity index is 2.29. The SMILES string of the molecule is COc1ccc(OC(=O)c2ccccc2)c(C(=O)O)c1. The van der Waals surface area contributed by atoms with E-state index in [0.29, 0.717) is 11.3 Å². The first-order valence-electron chi connectivity index (χ1n) is 5.80. The van der Waals surface area contributed by atoms with Crippen molar-refractivity contribution >= 4 is 11.9 Å².